The number of alkyl halides is 3. The minimum Gasteiger partial charge on any atom is -0.489 e. The number of fused-ring (bicyclic) bond motifs is 1. The fourth-order valence-electron chi connectivity index (χ4n) is 4.47. The van der Waals surface area contributed by atoms with E-state index in [0.717, 1.165) is 28.8 Å². The molecule has 0 saturated heterocycles. The van der Waals surface area contributed by atoms with E-state index in [0.29, 0.717) is 29.0 Å². The van der Waals surface area contributed by atoms with Gasteiger partial charge in [-0.1, -0.05) is 48.0 Å². The van der Waals surface area contributed by atoms with Crippen molar-refractivity contribution in [1.82, 2.24) is 4.90 Å². The van der Waals surface area contributed by atoms with Crippen LogP contribution >= 0.6 is 11.6 Å². The summed E-state index contributed by atoms with van der Waals surface area (Å²) in [6, 6.07) is 22.3. The van der Waals surface area contributed by atoms with Gasteiger partial charge in [-0.3, -0.25) is 4.79 Å². The van der Waals surface area contributed by atoms with Crippen molar-refractivity contribution in [2.45, 2.75) is 25.9 Å². The van der Waals surface area contributed by atoms with Crippen LogP contribution in [-0.4, -0.2) is 21.9 Å². The third-order valence-corrected chi connectivity index (χ3v) is 6.80. The molecule has 5 rings (SSSR count). The zero-order valence-electron chi connectivity index (χ0n) is 20.3. The van der Waals surface area contributed by atoms with E-state index in [-0.39, 0.29) is 29.6 Å². The Bertz CT molecular complexity index is 1570. The SMILES string of the molecule is O=C(O)c1cc(-c2cccc(COc3ccc4c(c3)CN(Cc3ccc(C(F)(F)F)cc3)C4=O)c2)ccc1Cl. The number of hydrogen-bond donors (Lipinski definition) is 1. The van der Waals surface area contributed by atoms with Crippen LogP contribution in [0.4, 0.5) is 13.2 Å². The Labute approximate surface area is 227 Å². The number of halogens is 4. The van der Waals surface area contributed by atoms with Gasteiger partial charge in [0.2, 0.25) is 0 Å². The molecule has 5 nitrogen and oxygen atoms in total. The zero-order valence-corrected chi connectivity index (χ0v) is 21.1. The van der Waals surface area contributed by atoms with Crippen molar-refractivity contribution < 1.29 is 32.6 Å². The molecule has 1 heterocycles. The Morgan fingerprint density at radius 1 is 0.923 bits per heavy atom. The summed E-state index contributed by atoms with van der Waals surface area (Å²) in [5, 5.41) is 9.51. The largest absolute Gasteiger partial charge is 0.489 e. The third-order valence-electron chi connectivity index (χ3n) is 6.47. The smallest absolute Gasteiger partial charge is 0.416 e. The standard InChI is InChI=1S/C30H21ClF3NO4/c31-27-11-6-21(14-26(27)29(37)38)20-3-1-2-19(12-20)17-39-24-9-10-25-22(13-24)16-35(28(25)36)15-18-4-7-23(8-5-18)30(32,33)34/h1-14H,15-17H2,(H,37,38). The summed E-state index contributed by atoms with van der Waals surface area (Å²) in [5.74, 6) is -0.717. The van der Waals surface area contributed by atoms with Crippen molar-refractivity contribution >= 4 is 23.5 Å². The molecule has 0 aliphatic carbocycles. The van der Waals surface area contributed by atoms with Gasteiger partial charge in [0.25, 0.3) is 5.91 Å². The number of ether oxygens (including phenoxy) is 1. The maximum atomic E-state index is 12.8. The first-order valence-electron chi connectivity index (χ1n) is 11.9. The molecule has 0 radical (unpaired) electrons. The average Bonchev–Trinajstić information content (AvgIpc) is 3.21. The molecule has 0 saturated carbocycles. The quantitative estimate of drug-likeness (QED) is 0.259. The summed E-state index contributed by atoms with van der Waals surface area (Å²) < 4.78 is 44.4. The topological polar surface area (TPSA) is 66.8 Å². The molecule has 39 heavy (non-hydrogen) atoms. The Kier molecular flexibility index (Phi) is 7.06. The monoisotopic (exact) mass is 551 g/mol. The lowest BCUT2D eigenvalue weighted by Crippen LogP contribution is -2.23. The molecule has 0 bridgehead atoms. The van der Waals surface area contributed by atoms with Crippen LogP contribution in [0, 0.1) is 0 Å². The number of nitrogens with zero attached hydrogens (tertiary/aromatic N) is 1. The van der Waals surface area contributed by atoms with Gasteiger partial charge in [-0.05, 0) is 76.3 Å². The van der Waals surface area contributed by atoms with Crippen molar-refractivity contribution in [2.75, 3.05) is 0 Å². The molecule has 1 N–H and O–H groups in total. The van der Waals surface area contributed by atoms with Gasteiger partial charge in [-0.15, -0.1) is 0 Å². The number of carbonyl (C=O) groups is 2. The molecule has 4 aromatic carbocycles. The van der Waals surface area contributed by atoms with Crippen LogP contribution in [0.1, 0.15) is 43.0 Å². The molecule has 0 unspecified atom stereocenters. The minimum absolute atomic E-state index is 0.0240. The van der Waals surface area contributed by atoms with Crippen molar-refractivity contribution in [3.05, 3.63) is 123 Å². The van der Waals surface area contributed by atoms with E-state index in [1.807, 2.05) is 24.3 Å². The summed E-state index contributed by atoms with van der Waals surface area (Å²) in [7, 11) is 0. The summed E-state index contributed by atoms with van der Waals surface area (Å²) in [4.78, 5) is 25.8. The van der Waals surface area contributed by atoms with E-state index < -0.39 is 17.7 Å². The molecule has 1 aliphatic heterocycles. The van der Waals surface area contributed by atoms with Crippen LogP contribution in [-0.2, 0) is 25.9 Å². The first kappa shape index (κ1) is 26.3. The number of benzene rings is 4. The van der Waals surface area contributed by atoms with Gasteiger partial charge in [-0.2, -0.15) is 13.2 Å². The fraction of sp³-hybridized carbons (Fsp3) is 0.133. The first-order valence-corrected chi connectivity index (χ1v) is 12.3. The Morgan fingerprint density at radius 3 is 2.38 bits per heavy atom. The van der Waals surface area contributed by atoms with Gasteiger partial charge in [0.05, 0.1) is 16.1 Å². The number of carboxylic acids is 1. The minimum atomic E-state index is -4.41. The highest BCUT2D eigenvalue weighted by atomic mass is 35.5. The number of amides is 1. The van der Waals surface area contributed by atoms with E-state index in [2.05, 4.69) is 0 Å². The molecular formula is C30H21ClF3NO4. The van der Waals surface area contributed by atoms with Crippen molar-refractivity contribution in [1.29, 1.82) is 0 Å². The van der Waals surface area contributed by atoms with E-state index in [9.17, 15) is 27.9 Å². The highest BCUT2D eigenvalue weighted by molar-refractivity contribution is 6.33. The lowest BCUT2D eigenvalue weighted by Gasteiger charge is -2.16. The average molecular weight is 552 g/mol. The van der Waals surface area contributed by atoms with Gasteiger partial charge in [0.15, 0.2) is 0 Å². The van der Waals surface area contributed by atoms with Gasteiger partial charge in [0, 0.05) is 18.7 Å². The van der Waals surface area contributed by atoms with Crippen molar-refractivity contribution in [2.24, 2.45) is 0 Å². The summed E-state index contributed by atoms with van der Waals surface area (Å²) in [5.41, 5.74) is 3.60. The van der Waals surface area contributed by atoms with Crippen molar-refractivity contribution in [3.8, 4) is 16.9 Å². The van der Waals surface area contributed by atoms with Crippen LogP contribution in [0.5, 0.6) is 5.75 Å². The van der Waals surface area contributed by atoms with E-state index in [1.54, 1.807) is 35.2 Å². The molecule has 1 aliphatic rings. The number of rotatable bonds is 7. The van der Waals surface area contributed by atoms with E-state index in [4.69, 9.17) is 16.3 Å². The van der Waals surface area contributed by atoms with Gasteiger partial charge >= 0.3 is 12.1 Å². The summed E-state index contributed by atoms with van der Waals surface area (Å²) in [6.07, 6.45) is -4.41. The summed E-state index contributed by atoms with van der Waals surface area (Å²) in [6.45, 7) is 0.766. The number of carbonyl (C=O) groups excluding carboxylic acids is 1. The van der Waals surface area contributed by atoms with Crippen LogP contribution in [0.25, 0.3) is 11.1 Å². The maximum Gasteiger partial charge on any atom is 0.416 e. The molecular weight excluding hydrogens is 531 g/mol. The molecule has 9 heteroatoms. The lowest BCUT2D eigenvalue weighted by atomic mass is 10.0. The number of aromatic carboxylic acids is 1. The zero-order chi connectivity index (χ0) is 27.7. The third kappa shape index (κ3) is 5.76. The Morgan fingerprint density at radius 2 is 1.67 bits per heavy atom. The second-order valence-electron chi connectivity index (χ2n) is 9.16. The van der Waals surface area contributed by atoms with Gasteiger partial charge < -0.3 is 14.7 Å². The van der Waals surface area contributed by atoms with Gasteiger partial charge in [-0.25, -0.2) is 4.79 Å². The lowest BCUT2D eigenvalue weighted by molar-refractivity contribution is -0.137. The normalized spacial score (nSPS) is 12.9. The maximum absolute atomic E-state index is 12.8. The molecule has 1 amide bonds. The molecule has 0 spiro atoms. The van der Waals surface area contributed by atoms with E-state index in [1.165, 1.54) is 18.2 Å². The second-order valence-corrected chi connectivity index (χ2v) is 9.57. The van der Waals surface area contributed by atoms with Crippen molar-refractivity contribution in [3.63, 3.8) is 0 Å². The summed E-state index contributed by atoms with van der Waals surface area (Å²) >= 11 is 5.98. The Balaban J connectivity index is 1.25. The molecule has 4 aromatic rings. The first-order chi connectivity index (χ1) is 18.6. The van der Waals surface area contributed by atoms with Crippen LogP contribution in [0.3, 0.4) is 0 Å². The van der Waals surface area contributed by atoms with Gasteiger partial charge in [0.1, 0.15) is 12.4 Å². The fourth-order valence-corrected chi connectivity index (χ4v) is 4.67. The van der Waals surface area contributed by atoms with Crippen LogP contribution in [0.15, 0.2) is 84.9 Å². The second kappa shape index (κ2) is 10.5. The Hall–Kier alpha value is -4.30. The predicted molar refractivity (Wildman–Crippen MR) is 140 cm³/mol. The molecule has 0 aromatic heterocycles. The molecule has 0 atom stereocenters. The highest BCUT2D eigenvalue weighted by Crippen LogP contribution is 2.32. The number of carboxylic acid groups (broad SMARTS) is 1. The van der Waals surface area contributed by atoms with E-state index >= 15 is 0 Å². The highest BCUT2D eigenvalue weighted by Gasteiger charge is 2.31. The van der Waals surface area contributed by atoms with Crippen LogP contribution in [0.2, 0.25) is 5.02 Å². The van der Waals surface area contributed by atoms with Crippen LogP contribution < -0.4 is 4.74 Å². The molecule has 0 fully saturated rings. The molecule has 198 valence electrons. The predicted octanol–water partition coefficient (Wildman–Crippen LogP) is 7.46. The number of hydrogen-bond acceptors (Lipinski definition) is 3.